The van der Waals surface area contributed by atoms with Gasteiger partial charge in [0.15, 0.2) is 0 Å². The van der Waals surface area contributed by atoms with Crippen LogP contribution in [0.3, 0.4) is 0 Å². The molecule has 0 aromatic rings. The van der Waals surface area contributed by atoms with Crippen LogP contribution in [0.25, 0.3) is 0 Å². The summed E-state index contributed by atoms with van der Waals surface area (Å²) in [6, 6.07) is 0. The van der Waals surface area contributed by atoms with Gasteiger partial charge in [-0.2, -0.15) is 0 Å². The molecule has 0 aromatic carbocycles. The van der Waals surface area contributed by atoms with Crippen molar-refractivity contribution in [1.29, 1.82) is 0 Å². The molecule has 0 fully saturated rings. The molecule has 43 valence electrons. The van der Waals surface area contributed by atoms with Crippen LogP contribution >= 0.6 is 0 Å². The van der Waals surface area contributed by atoms with Gasteiger partial charge >= 0.3 is 0 Å². The second kappa shape index (κ2) is 6.22. The van der Waals surface area contributed by atoms with E-state index in [1.54, 1.807) is 6.08 Å². The van der Waals surface area contributed by atoms with Crippen LogP contribution in [0, 0.1) is 6.58 Å². The molecule has 0 amide bonds. The van der Waals surface area contributed by atoms with Crippen molar-refractivity contribution in [2.75, 3.05) is 0 Å². The zero-order valence-electron chi connectivity index (χ0n) is 5.01. The molecule has 0 bridgehead atoms. The smallest absolute Gasteiger partial charge is 0.0166 e. The molecule has 0 aliphatic carbocycles. The van der Waals surface area contributed by atoms with Gasteiger partial charge in [-0.1, -0.05) is 30.9 Å². The molecule has 0 aliphatic heterocycles. The number of hydrogen-bond donors (Lipinski definition) is 0. The normalized spacial score (nSPS) is 9.50. The standard InChI is InChI=1S/C8H11/c1-3-5-7-8-6-4-2/h1,3-4,7-8H,2,5-6H2. The maximum Gasteiger partial charge on any atom is -0.0166 e. The molecule has 0 atom stereocenters. The van der Waals surface area contributed by atoms with E-state index in [0.29, 0.717) is 0 Å². The van der Waals surface area contributed by atoms with E-state index in [4.69, 9.17) is 6.58 Å². The monoisotopic (exact) mass is 107 g/mol. The highest BCUT2D eigenvalue weighted by Gasteiger charge is 1.65. The summed E-state index contributed by atoms with van der Waals surface area (Å²) in [5.74, 6) is 0. The average molecular weight is 107 g/mol. The minimum absolute atomic E-state index is 0.855. The third kappa shape index (κ3) is 5.22. The summed E-state index contributed by atoms with van der Waals surface area (Å²) in [6.45, 7) is 8.67. The number of allylic oxidation sites excluding steroid dienone is 4. The van der Waals surface area contributed by atoms with Crippen molar-refractivity contribution in [3.05, 3.63) is 37.5 Å². The zero-order valence-corrected chi connectivity index (χ0v) is 5.01. The van der Waals surface area contributed by atoms with Gasteiger partial charge in [-0.05, 0) is 12.8 Å². The lowest BCUT2D eigenvalue weighted by Crippen LogP contribution is -1.56. The molecular weight excluding hydrogens is 96.1 g/mol. The highest BCUT2D eigenvalue weighted by molar-refractivity contribution is 4.91. The maximum absolute atomic E-state index is 5.11. The second-order valence-corrected chi connectivity index (χ2v) is 1.47. The molecule has 0 rings (SSSR count). The van der Waals surface area contributed by atoms with Crippen molar-refractivity contribution >= 4 is 0 Å². The SMILES string of the molecule is [CH]=CCC=CCC=C. The summed E-state index contributed by atoms with van der Waals surface area (Å²) in [5, 5.41) is 0. The van der Waals surface area contributed by atoms with E-state index in [9.17, 15) is 0 Å². The Morgan fingerprint density at radius 3 is 2.38 bits per heavy atom. The van der Waals surface area contributed by atoms with Crippen molar-refractivity contribution < 1.29 is 0 Å². The fourth-order valence-corrected chi connectivity index (χ4v) is 0.367. The Morgan fingerprint density at radius 1 is 1.25 bits per heavy atom. The predicted molar refractivity (Wildman–Crippen MR) is 37.4 cm³/mol. The topological polar surface area (TPSA) is 0 Å². The first kappa shape index (κ1) is 7.22. The van der Waals surface area contributed by atoms with Crippen LogP contribution < -0.4 is 0 Å². The van der Waals surface area contributed by atoms with Crippen LogP contribution in [0.5, 0.6) is 0 Å². The van der Waals surface area contributed by atoms with Crippen molar-refractivity contribution in [3.8, 4) is 0 Å². The van der Waals surface area contributed by atoms with Gasteiger partial charge in [0.2, 0.25) is 0 Å². The summed E-state index contributed by atoms with van der Waals surface area (Å²) in [6.07, 6.45) is 9.33. The quantitative estimate of drug-likeness (QED) is 0.484. The lowest BCUT2D eigenvalue weighted by molar-refractivity contribution is 1.32. The lowest BCUT2D eigenvalue weighted by atomic mass is 10.3. The van der Waals surface area contributed by atoms with Gasteiger partial charge in [-0.15, -0.1) is 6.58 Å². The van der Waals surface area contributed by atoms with Gasteiger partial charge in [0.05, 0.1) is 0 Å². The fraction of sp³-hybridized carbons (Fsp3) is 0.250. The summed E-state index contributed by atoms with van der Waals surface area (Å²) >= 11 is 0. The average Bonchev–Trinajstić information content (AvgIpc) is 1.81. The first-order valence-corrected chi connectivity index (χ1v) is 2.71. The van der Waals surface area contributed by atoms with Gasteiger partial charge in [0.1, 0.15) is 0 Å². The minimum Gasteiger partial charge on any atom is -0.103 e. The number of hydrogen-bond acceptors (Lipinski definition) is 0. The Kier molecular flexibility index (Phi) is 5.61. The van der Waals surface area contributed by atoms with E-state index in [1.165, 1.54) is 0 Å². The van der Waals surface area contributed by atoms with Crippen LogP contribution in [-0.2, 0) is 0 Å². The summed E-state index contributed by atoms with van der Waals surface area (Å²) < 4.78 is 0. The Morgan fingerprint density at radius 2 is 1.88 bits per heavy atom. The van der Waals surface area contributed by atoms with Crippen LogP contribution in [-0.4, -0.2) is 0 Å². The fourth-order valence-electron chi connectivity index (χ4n) is 0.367. The van der Waals surface area contributed by atoms with Crippen molar-refractivity contribution in [3.63, 3.8) is 0 Å². The van der Waals surface area contributed by atoms with Gasteiger partial charge < -0.3 is 0 Å². The Bertz CT molecular complexity index is 76.2. The molecule has 0 spiro atoms. The molecule has 0 heterocycles. The predicted octanol–water partition coefficient (Wildman–Crippen LogP) is 2.50. The molecule has 0 aliphatic rings. The van der Waals surface area contributed by atoms with Gasteiger partial charge in [0.25, 0.3) is 0 Å². The van der Waals surface area contributed by atoms with Gasteiger partial charge in [-0.25, -0.2) is 0 Å². The zero-order chi connectivity index (χ0) is 6.24. The molecule has 0 saturated carbocycles. The second-order valence-electron chi connectivity index (χ2n) is 1.47. The van der Waals surface area contributed by atoms with Crippen molar-refractivity contribution in [1.82, 2.24) is 0 Å². The molecule has 0 saturated heterocycles. The molecule has 0 heteroatoms. The van der Waals surface area contributed by atoms with E-state index in [-0.39, 0.29) is 0 Å². The summed E-state index contributed by atoms with van der Waals surface area (Å²) in [4.78, 5) is 0. The van der Waals surface area contributed by atoms with E-state index in [0.717, 1.165) is 12.8 Å². The molecular formula is C8H11. The maximum atomic E-state index is 5.11. The van der Waals surface area contributed by atoms with Gasteiger partial charge in [0, 0.05) is 0 Å². The first-order chi connectivity index (χ1) is 3.91. The van der Waals surface area contributed by atoms with Crippen molar-refractivity contribution in [2.24, 2.45) is 0 Å². The van der Waals surface area contributed by atoms with Crippen molar-refractivity contribution in [2.45, 2.75) is 12.8 Å². The highest BCUT2D eigenvalue weighted by atomic mass is 13.7. The van der Waals surface area contributed by atoms with E-state index < -0.39 is 0 Å². The third-order valence-corrected chi connectivity index (χ3v) is 0.742. The van der Waals surface area contributed by atoms with Crippen LogP contribution in [0.15, 0.2) is 30.9 Å². The molecule has 0 unspecified atom stereocenters. The number of rotatable bonds is 4. The van der Waals surface area contributed by atoms with Crippen LogP contribution in [0.4, 0.5) is 0 Å². The Balaban J connectivity index is 3.06. The largest absolute Gasteiger partial charge is 0.103 e. The van der Waals surface area contributed by atoms with Gasteiger partial charge in [-0.3, -0.25) is 0 Å². The third-order valence-electron chi connectivity index (χ3n) is 0.742. The van der Waals surface area contributed by atoms with Crippen LogP contribution in [0.1, 0.15) is 12.8 Å². The Labute approximate surface area is 51.2 Å². The van der Waals surface area contributed by atoms with E-state index >= 15 is 0 Å². The molecule has 1 radical (unpaired) electrons. The van der Waals surface area contributed by atoms with Crippen LogP contribution in [0.2, 0.25) is 0 Å². The highest BCUT2D eigenvalue weighted by Crippen LogP contribution is 1.86. The summed E-state index contributed by atoms with van der Waals surface area (Å²) in [5.41, 5.74) is 0. The summed E-state index contributed by atoms with van der Waals surface area (Å²) in [7, 11) is 0. The molecule has 8 heavy (non-hydrogen) atoms. The minimum atomic E-state index is 0.855. The molecule has 0 nitrogen and oxygen atoms in total. The van der Waals surface area contributed by atoms with E-state index in [1.807, 2.05) is 18.2 Å². The first-order valence-electron chi connectivity index (χ1n) is 2.71. The van der Waals surface area contributed by atoms with E-state index in [2.05, 4.69) is 6.58 Å². The Hall–Kier alpha value is -0.780. The molecule has 0 N–H and O–H groups in total. The lowest BCUT2D eigenvalue weighted by Gasteiger charge is -1.76. The molecule has 0 aromatic heterocycles.